The molecular formula is C27H33ClN4O4. The minimum absolute atomic E-state index is 0.264. The summed E-state index contributed by atoms with van der Waals surface area (Å²) >= 11 is 6.54. The van der Waals surface area contributed by atoms with Crippen LogP contribution in [0.25, 0.3) is 0 Å². The largest absolute Gasteiger partial charge is 0.496 e. The number of hydrogen-bond donors (Lipinski definition) is 3. The zero-order valence-corrected chi connectivity index (χ0v) is 21.9. The molecule has 1 fully saturated rings. The molecule has 1 aromatic heterocycles. The summed E-state index contributed by atoms with van der Waals surface area (Å²) in [5.74, 6) is 0.0410. The topological polar surface area (TPSA) is 124 Å². The van der Waals surface area contributed by atoms with Crippen molar-refractivity contribution in [3.8, 4) is 11.8 Å². The fraction of sp³-hybridized carbons (Fsp3) is 0.481. The van der Waals surface area contributed by atoms with Crippen LogP contribution in [0.2, 0.25) is 5.02 Å². The van der Waals surface area contributed by atoms with Crippen molar-refractivity contribution in [2.24, 2.45) is 17.3 Å². The fourth-order valence-electron chi connectivity index (χ4n) is 4.55. The lowest BCUT2D eigenvalue weighted by atomic mass is 9.81. The van der Waals surface area contributed by atoms with Gasteiger partial charge in [0.2, 0.25) is 0 Å². The van der Waals surface area contributed by atoms with Gasteiger partial charge < -0.3 is 20.5 Å². The van der Waals surface area contributed by atoms with Gasteiger partial charge >= 0.3 is 5.97 Å². The van der Waals surface area contributed by atoms with Crippen LogP contribution in [0.15, 0.2) is 30.5 Å². The summed E-state index contributed by atoms with van der Waals surface area (Å²) in [6.07, 6.45) is 4.32. The van der Waals surface area contributed by atoms with Gasteiger partial charge in [0.05, 0.1) is 41.3 Å². The van der Waals surface area contributed by atoms with Crippen LogP contribution in [-0.4, -0.2) is 35.6 Å². The van der Waals surface area contributed by atoms with Gasteiger partial charge in [0, 0.05) is 18.3 Å². The Hall–Kier alpha value is -3.31. The predicted molar refractivity (Wildman–Crippen MR) is 138 cm³/mol. The third-order valence-corrected chi connectivity index (χ3v) is 6.96. The Labute approximate surface area is 217 Å². The van der Waals surface area contributed by atoms with Gasteiger partial charge in [0.1, 0.15) is 11.6 Å². The van der Waals surface area contributed by atoms with Crippen LogP contribution in [0.1, 0.15) is 74.0 Å². The Bertz CT molecular complexity index is 1150. The number of nitriles is 1. The second kappa shape index (κ2) is 11.6. The highest BCUT2D eigenvalue weighted by Gasteiger charge is 2.30. The number of nitrogens with zero attached hydrogens (tertiary/aromatic N) is 2. The van der Waals surface area contributed by atoms with E-state index in [0.29, 0.717) is 47.1 Å². The maximum Gasteiger partial charge on any atom is 0.306 e. The quantitative estimate of drug-likeness (QED) is 0.430. The minimum Gasteiger partial charge on any atom is -0.496 e. The van der Waals surface area contributed by atoms with Gasteiger partial charge in [-0.15, -0.1) is 0 Å². The van der Waals surface area contributed by atoms with E-state index in [0.717, 1.165) is 18.4 Å². The molecule has 0 spiro atoms. The van der Waals surface area contributed by atoms with Crippen LogP contribution in [0.3, 0.4) is 0 Å². The molecule has 1 aliphatic rings. The van der Waals surface area contributed by atoms with E-state index in [2.05, 4.69) is 42.5 Å². The van der Waals surface area contributed by atoms with E-state index in [9.17, 15) is 14.9 Å². The number of aliphatic carboxylic acids is 1. The molecule has 1 saturated carbocycles. The summed E-state index contributed by atoms with van der Waals surface area (Å²) in [5, 5.41) is 25.1. The molecule has 9 heteroatoms. The number of hydrogen-bond acceptors (Lipinski definition) is 6. The van der Waals surface area contributed by atoms with Crippen molar-refractivity contribution in [3.05, 3.63) is 52.2 Å². The van der Waals surface area contributed by atoms with Crippen molar-refractivity contribution in [2.45, 2.75) is 52.5 Å². The number of rotatable bonds is 8. The molecule has 1 aliphatic carbocycles. The third kappa shape index (κ3) is 6.67. The molecule has 192 valence electrons. The summed E-state index contributed by atoms with van der Waals surface area (Å²) in [7, 11) is 1.58. The number of carboxylic acids is 1. The summed E-state index contributed by atoms with van der Waals surface area (Å²) in [6.45, 7) is 6.67. The molecule has 3 rings (SSSR count). The minimum atomic E-state index is -0.739. The van der Waals surface area contributed by atoms with Crippen LogP contribution in [0.4, 0.5) is 5.82 Å². The number of anilines is 1. The Morgan fingerprint density at radius 1 is 1.25 bits per heavy atom. The number of ether oxygens (including phenoxy) is 1. The number of carbonyl (C=O) groups is 2. The van der Waals surface area contributed by atoms with E-state index in [1.165, 1.54) is 6.20 Å². The average Bonchev–Trinajstić information content (AvgIpc) is 2.85. The second-order valence-corrected chi connectivity index (χ2v) is 10.7. The van der Waals surface area contributed by atoms with E-state index < -0.39 is 5.97 Å². The number of methoxy groups -OCH3 is 1. The van der Waals surface area contributed by atoms with Crippen molar-refractivity contribution < 1.29 is 19.4 Å². The molecule has 3 N–H and O–H groups in total. The standard InChI is InChI=1S/C27H33ClN4O4/c1-27(2,3)23(20-11-17(13-29)7-10-22(20)36-4)32-24-21(28)12-19(15-30-24)25(33)31-14-16-5-8-18(9-6-16)26(34)35/h7,10-12,15-16,18,23H,5-6,8-9,14H2,1-4H3,(H,30,32)(H,31,33)(H,34,35)/t16-,18-,23-/m1/s1. The highest BCUT2D eigenvalue weighted by molar-refractivity contribution is 6.33. The molecule has 1 amide bonds. The lowest BCUT2D eigenvalue weighted by Gasteiger charge is -2.33. The SMILES string of the molecule is COc1ccc(C#N)cc1[C@@H](Nc1ncc(C(=O)NC[C@H]2CC[C@H](C(=O)O)CC2)cc1Cl)C(C)(C)C. The van der Waals surface area contributed by atoms with Gasteiger partial charge in [-0.05, 0) is 61.3 Å². The first-order valence-corrected chi connectivity index (χ1v) is 12.4. The number of pyridine rings is 1. The van der Waals surface area contributed by atoms with Gasteiger partial charge in [0.25, 0.3) is 5.91 Å². The molecule has 0 unspecified atom stereocenters. The molecular weight excluding hydrogens is 480 g/mol. The Morgan fingerprint density at radius 3 is 2.50 bits per heavy atom. The number of aromatic nitrogens is 1. The zero-order chi connectivity index (χ0) is 26.5. The van der Waals surface area contributed by atoms with Gasteiger partial charge in [-0.25, -0.2) is 4.98 Å². The van der Waals surface area contributed by atoms with Crippen LogP contribution >= 0.6 is 11.6 Å². The van der Waals surface area contributed by atoms with Gasteiger partial charge in [-0.2, -0.15) is 5.26 Å². The molecule has 0 bridgehead atoms. The Balaban J connectivity index is 1.72. The lowest BCUT2D eigenvalue weighted by Crippen LogP contribution is -2.32. The Kier molecular flexibility index (Phi) is 8.80. The zero-order valence-electron chi connectivity index (χ0n) is 21.1. The first-order valence-electron chi connectivity index (χ1n) is 12.0. The number of amides is 1. The third-order valence-electron chi connectivity index (χ3n) is 6.67. The van der Waals surface area contributed by atoms with Crippen molar-refractivity contribution in [1.82, 2.24) is 10.3 Å². The number of benzene rings is 1. The summed E-state index contributed by atoms with van der Waals surface area (Å²) in [5.41, 5.74) is 1.38. The molecule has 36 heavy (non-hydrogen) atoms. The number of carbonyl (C=O) groups excluding carboxylic acids is 1. The smallest absolute Gasteiger partial charge is 0.306 e. The summed E-state index contributed by atoms with van der Waals surface area (Å²) in [4.78, 5) is 28.3. The van der Waals surface area contributed by atoms with E-state index in [1.54, 1.807) is 31.4 Å². The molecule has 1 atom stereocenters. The van der Waals surface area contributed by atoms with Crippen LogP contribution in [0.5, 0.6) is 5.75 Å². The highest BCUT2D eigenvalue weighted by atomic mass is 35.5. The van der Waals surface area contributed by atoms with Crippen LogP contribution in [-0.2, 0) is 4.79 Å². The lowest BCUT2D eigenvalue weighted by molar-refractivity contribution is -0.143. The maximum absolute atomic E-state index is 12.7. The predicted octanol–water partition coefficient (Wildman–Crippen LogP) is 5.44. The molecule has 1 heterocycles. The van der Waals surface area contributed by atoms with Crippen LogP contribution in [0, 0.1) is 28.6 Å². The van der Waals surface area contributed by atoms with Crippen LogP contribution < -0.4 is 15.4 Å². The van der Waals surface area contributed by atoms with Crippen molar-refractivity contribution >= 4 is 29.3 Å². The first-order chi connectivity index (χ1) is 17.0. The Morgan fingerprint density at radius 2 is 1.94 bits per heavy atom. The van der Waals surface area contributed by atoms with Crippen molar-refractivity contribution in [1.29, 1.82) is 5.26 Å². The fourth-order valence-corrected chi connectivity index (χ4v) is 4.77. The summed E-state index contributed by atoms with van der Waals surface area (Å²) < 4.78 is 5.55. The van der Waals surface area contributed by atoms with E-state index in [4.69, 9.17) is 21.4 Å². The molecule has 0 aliphatic heterocycles. The summed E-state index contributed by atoms with van der Waals surface area (Å²) in [6, 6.07) is 8.73. The van der Waals surface area contributed by atoms with Crippen molar-refractivity contribution in [2.75, 3.05) is 19.0 Å². The number of carboxylic acid groups (broad SMARTS) is 1. The monoisotopic (exact) mass is 512 g/mol. The first kappa shape index (κ1) is 27.3. The normalized spacial score (nSPS) is 18.6. The van der Waals surface area contributed by atoms with Gasteiger partial charge in [0.15, 0.2) is 0 Å². The molecule has 1 aromatic carbocycles. The highest BCUT2D eigenvalue weighted by Crippen LogP contribution is 2.41. The number of nitrogens with one attached hydrogen (secondary N) is 2. The van der Waals surface area contributed by atoms with E-state index in [1.807, 2.05) is 0 Å². The molecule has 2 aromatic rings. The molecule has 0 saturated heterocycles. The second-order valence-electron chi connectivity index (χ2n) is 10.3. The van der Waals surface area contributed by atoms with E-state index in [-0.39, 0.29) is 29.2 Å². The average molecular weight is 513 g/mol. The number of halogens is 1. The maximum atomic E-state index is 12.7. The van der Waals surface area contributed by atoms with E-state index >= 15 is 0 Å². The van der Waals surface area contributed by atoms with Crippen molar-refractivity contribution in [3.63, 3.8) is 0 Å². The molecule has 0 radical (unpaired) electrons. The van der Waals surface area contributed by atoms with Gasteiger partial charge in [-0.3, -0.25) is 9.59 Å². The van der Waals surface area contributed by atoms with Gasteiger partial charge in [-0.1, -0.05) is 32.4 Å². The molecule has 8 nitrogen and oxygen atoms in total.